The molecule has 264 valence electrons. The average molecular weight is 670 g/mol. The van der Waals surface area contributed by atoms with Gasteiger partial charge in [0, 0.05) is 13.1 Å². The fourth-order valence-corrected chi connectivity index (χ4v) is 4.82. The van der Waals surface area contributed by atoms with Gasteiger partial charge in [0.05, 0.1) is 6.04 Å². The first-order chi connectivity index (χ1) is 21.5. The number of hydrogen-bond acceptors (Lipinski definition) is 8. The molecule has 0 aromatic carbocycles. The Balaban J connectivity index is 0.00000199. The first kappa shape index (κ1) is 41.2. The monoisotopic (exact) mass is 669 g/mol. The number of hydrogen-bond donors (Lipinski definition) is 5. The number of carbonyl (C=O) groups is 6. The van der Waals surface area contributed by atoms with Crippen molar-refractivity contribution in [2.45, 2.75) is 130 Å². The Morgan fingerprint density at radius 1 is 0.848 bits per heavy atom. The largest absolute Gasteiger partial charge is 0.459 e. The van der Waals surface area contributed by atoms with Crippen molar-refractivity contribution in [2.24, 2.45) is 17.3 Å². The van der Waals surface area contributed by atoms with E-state index in [1.165, 1.54) is 11.3 Å². The molecule has 5 amide bonds. The van der Waals surface area contributed by atoms with E-state index in [0.717, 1.165) is 25.7 Å². The van der Waals surface area contributed by atoms with Gasteiger partial charge in [-0.1, -0.05) is 53.9 Å². The molecule has 4 N–H and O–H groups in total. The van der Waals surface area contributed by atoms with E-state index in [0.29, 0.717) is 38.3 Å². The maximum atomic E-state index is 13.7. The lowest BCUT2D eigenvalue weighted by Crippen LogP contribution is -2.60. The summed E-state index contributed by atoms with van der Waals surface area (Å²) < 4.78 is 5.20. The standard InChI is InChI=1S/C29H47N5O7.C3H8.CH4S/c1-28(2,3)23(33-27(40)31-16-21(35)41-29(4,5)6)26(39)34-13-7-8-20(34)24(37)32-19(14-17-9-10-17)22(36)25(38)30-15-18-11-12-18;1-3-2;1-2/h17-20,23H,7-16H2,1-6H3,(H,30,38)(H,32,37)(H2,31,33,40);3H2,1-2H3;2H,1H3. The van der Waals surface area contributed by atoms with E-state index in [1.54, 1.807) is 47.8 Å². The Labute approximate surface area is 281 Å². The van der Waals surface area contributed by atoms with Gasteiger partial charge in [-0.05, 0) is 76.4 Å². The van der Waals surface area contributed by atoms with Crippen molar-refractivity contribution in [3.05, 3.63) is 0 Å². The number of ketones is 1. The van der Waals surface area contributed by atoms with Crippen LogP contribution in [-0.2, 0) is 28.7 Å². The molecule has 12 nitrogen and oxygen atoms in total. The number of nitrogens with one attached hydrogen (secondary N) is 4. The van der Waals surface area contributed by atoms with Crippen LogP contribution in [0.1, 0.15) is 107 Å². The molecule has 0 spiro atoms. The normalized spacial score (nSPS) is 18.7. The second-order valence-corrected chi connectivity index (χ2v) is 14.4. The fraction of sp³-hybridized carbons (Fsp3) is 0.818. The lowest BCUT2D eigenvalue weighted by molar-refractivity contribution is -0.153. The smallest absolute Gasteiger partial charge is 0.325 e. The first-order valence-electron chi connectivity index (χ1n) is 16.6. The van der Waals surface area contributed by atoms with Crippen molar-refractivity contribution >= 4 is 48.1 Å². The van der Waals surface area contributed by atoms with Gasteiger partial charge in [0.1, 0.15) is 24.2 Å². The first-order valence-corrected chi connectivity index (χ1v) is 17.5. The molecule has 1 heterocycles. The van der Waals surface area contributed by atoms with Crippen molar-refractivity contribution in [2.75, 3.05) is 25.9 Å². The molecule has 3 fully saturated rings. The molecule has 0 radical (unpaired) electrons. The van der Waals surface area contributed by atoms with Crippen molar-refractivity contribution in [3.63, 3.8) is 0 Å². The minimum Gasteiger partial charge on any atom is -0.459 e. The summed E-state index contributed by atoms with van der Waals surface area (Å²) in [5.41, 5.74) is -1.42. The molecular formula is C33H59N5O7S. The highest BCUT2D eigenvalue weighted by atomic mass is 32.1. The Hall–Kier alpha value is -2.83. The van der Waals surface area contributed by atoms with Crippen LogP contribution < -0.4 is 21.3 Å². The van der Waals surface area contributed by atoms with Crippen LogP contribution in [0.5, 0.6) is 0 Å². The Morgan fingerprint density at radius 2 is 1.41 bits per heavy atom. The van der Waals surface area contributed by atoms with Crippen LogP contribution >= 0.6 is 12.6 Å². The van der Waals surface area contributed by atoms with Gasteiger partial charge in [0.25, 0.3) is 5.91 Å². The maximum Gasteiger partial charge on any atom is 0.325 e. The van der Waals surface area contributed by atoms with Gasteiger partial charge in [0.15, 0.2) is 0 Å². The molecule has 3 aliphatic rings. The third-order valence-electron chi connectivity index (χ3n) is 7.41. The number of esters is 1. The van der Waals surface area contributed by atoms with E-state index in [1.807, 2.05) is 0 Å². The van der Waals surface area contributed by atoms with Gasteiger partial charge in [-0.3, -0.25) is 24.0 Å². The summed E-state index contributed by atoms with van der Waals surface area (Å²) in [7, 11) is 0. The Kier molecular flexibility index (Phi) is 17.1. The molecule has 3 atom stereocenters. The number of nitrogens with zero attached hydrogens (tertiary/aromatic N) is 1. The van der Waals surface area contributed by atoms with Crippen LogP contribution in [0.3, 0.4) is 0 Å². The minimum absolute atomic E-state index is 0.287. The topological polar surface area (TPSA) is 163 Å². The SMILES string of the molecule is CC(C)(C)OC(=O)CNC(=O)NC(C(=O)N1CCCC1C(=O)NC(CC1CC1)C(=O)C(=O)NCC1CC1)C(C)(C)C.CCC.CS. The molecule has 13 heteroatoms. The third-order valence-corrected chi connectivity index (χ3v) is 7.41. The second kappa shape index (κ2) is 19.1. The van der Waals surface area contributed by atoms with Crippen molar-refractivity contribution in [3.8, 4) is 0 Å². The predicted molar refractivity (Wildman–Crippen MR) is 181 cm³/mol. The molecule has 3 rings (SSSR count). The highest BCUT2D eigenvalue weighted by Crippen LogP contribution is 2.34. The van der Waals surface area contributed by atoms with Crippen molar-refractivity contribution < 1.29 is 33.5 Å². The summed E-state index contributed by atoms with van der Waals surface area (Å²) in [5, 5.41) is 10.6. The molecule has 0 aromatic rings. The van der Waals surface area contributed by atoms with Crippen molar-refractivity contribution in [1.29, 1.82) is 0 Å². The van der Waals surface area contributed by atoms with Crippen LogP contribution in [0.15, 0.2) is 0 Å². The Bertz CT molecular complexity index is 1050. The minimum atomic E-state index is -0.994. The summed E-state index contributed by atoms with van der Waals surface area (Å²) >= 11 is 3.53. The van der Waals surface area contributed by atoms with E-state index in [2.05, 4.69) is 47.7 Å². The molecule has 2 aliphatic carbocycles. The highest BCUT2D eigenvalue weighted by molar-refractivity contribution is 7.79. The quantitative estimate of drug-likeness (QED) is 0.121. The van der Waals surface area contributed by atoms with Crippen LogP contribution in [-0.4, -0.2) is 90.0 Å². The van der Waals surface area contributed by atoms with Gasteiger partial charge >= 0.3 is 12.0 Å². The van der Waals surface area contributed by atoms with E-state index < -0.39 is 64.6 Å². The van der Waals surface area contributed by atoms with E-state index >= 15 is 0 Å². The van der Waals surface area contributed by atoms with Crippen LogP contribution in [0.25, 0.3) is 0 Å². The van der Waals surface area contributed by atoms with Crippen LogP contribution in [0, 0.1) is 17.3 Å². The zero-order valence-electron chi connectivity index (χ0n) is 29.4. The molecule has 1 aliphatic heterocycles. The van der Waals surface area contributed by atoms with Crippen LogP contribution in [0.4, 0.5) is 4.79 Å². The summed E-state index contributed by atoms with van der Waals surface area (Å²) in [5.74, 6) is -2.16. The van der Waals surface area contributed by atoms with E-state index in [4.69, 9.17) is 4.74 Å². The Morgan fingerprint density at radius 3 is 1.91 bits per heavy atom. The summed E-state index contributed by atoms with van der Waals surface area (Å²) in [6.45, 7) is 15.2. The molecular weight excluding hydrogens is 610 g/mol. The molecule has 0 bridgehead atoms. The van der Waals surface area contributed by atoms with Gasteiger partial charge in [-0.15, -0.1) is 0 Å². The highest BCUT2D eigenvalue weighted by Gasteiger charge is 2.43. The number of amides is 5. The van der Waals surface area contributed by atoms with Gasteiger partial charge in [-0.25, -0.2) is 4.79 Å². The molecule has 46 heavy (non-hydrogen) atoms. The fourth-order valence-electron chi connectivity index (χ4n) is 4.82. The van der Waals surface area contributed by atoms with E-state index in [-0.39, 0.29) is 12.5 Å². The summed E-state index contributed by atoms with van der Waals surface area (Å²) in [6, 6.07) is -3.48. The number of carbonyl (C=O) groups excluding carboxylic acids is 6. The van der Waals surface area contributed by atoms with Gasteiger partial charge in [0.2, 0.25) is 17.6 Å². The number of Topliss-reactive ketones (excluding diaryl/α,β-unsaturated/α-hetero) is 1. The average Bonchev–Trinajstić information content (AvgIpc) is 3.91. The zero-order valence-corrected chi connectivity index (χ0v) is 30.3. The number of likely N-dealkylation sites (tertiary alicyclic amines) is 1. The number of thiol groups is 1. The molecule has 3 unspecified atom stereocenters. The molecule has 2 saturated carbocycles. The third kappa shape index (κ3) is 15.2. The van der Waals surface area contributed by atoms with Gasteiger partial charge < -0.3 is 30.9 Å². The maximum absolute atomic E-state index is 13.7. The molecule has 1 saturated heterocycles. The number of urea groups is 1. The van der Waals surface area contributed by atoms with Crippen molar-refractivity contribution in [1.82, 2.24) is 26.2 Å². The second-order valence-electron chi connectivity index (χ2n) is 14.4. The zero-order chi connectivity index (χ0) is 35.2. The lowest BCUT2D eigenvalue weighted by Gasteiger charge is -2.35. The van der Waals surface area contributed by atoms with E-state index in [9.17, 15) is 28.8 Å². The molecule has 0 aromatic heterocycles. The van der Waals surface area contributed by atoms with Gasteiger partial charge in [-0.2, -0.15) is 12.6 Å². The summed E-state index contributed by atoms with van der Waals surface area (Å²) in [4.78, 5) is 78.7. The summed E-state index contributed by atoms with van der Waals surface area (Å²) in [6.07, 6.45) is 8.30. The number of ether oxygens (including phenoxy) is 1. The number of rotatable bonds is 12. The predicted octanol–water partition coefficient (Wildman–Crippen LogP) is 3.38. The lowest BCUT2D eigenvalue weighted by atomic mass is 9.85. The van der Waals surface area contributed by atoms with Crippen LogP contribution in [0.2, 0.25) is 0 Å².